The fourth-order valence-corrected chi connectivity index (χ4v) is 3.24. The van der Waals surface area contributed by atoms with Crippen LogP contribution in [-0.4, -0.2) is 48.4 Å². The molecule has 3 aromatic rings. The largest absolute Gasteiger partial charge is 0.396 e. The van der Waals surface area contributed by atoms with E-state index in [1.165, 1.54) is 6.33 Å². The molecule has 1 aromatic carbocycles. The summed E-state index contributed by atoms with van der Waals surface area (Å²) in [7, 11) is 0. The molecule has 0 spiro atoms. The lowest BCUT2D eigenvalue weighted by Gasteiger charge is -2.27. The van der Waals surface area contributed by atoms with E-state index in [1.54, 1.807) is 30.6 Å². The Bertz CT molecular complexity index is 985. The molecule has 138 valence electrons. The van der Waals surface area contributed by atoms with E-state index in [1.807, 2.05) is 22.8 Å². The van der Waals surface area contributed by atoms with Gasteiger partial charge in [0.15, 0.2) is 17.0 Å². The number of hydrogen-bond acceptors (Lipinski definition) is 6. The Morgan fingerprint density at radius 1 is 1.19 bits per heavy atom. The minimum atomic E-state index is -0.637. The summed E-state index contributed by atoms with van der Waals surface area (Å²) in [5.74, 6) is -0.198. The number of rotatable bonds is 4. The van der Waals surface area contributed by atoms with Gasteiger partial charge in [-0.05, 0) is 18.6 Å². The van der Waals surface area contributed by atoms with Gasteiger partial charge in [0.25, 0.3) is 5.91 Å². The van der Waals surface area contributed by atoms with E-state index in [4.69, 9.17) is 0 Å². The van der Waals surface area contributed by atoms with Gasteiger partial charge in [-0.2, -0.15) is 0 Å². The molecular formula is C19H19N5O3. The summed E-state index contributed by atoms with van der Waals surface area (Å²) in [4.78, 5) is 25.2. The third kappa shape index (κ3) is 3.32. The van der Waals surface area contributed by atoms with Gasteiger partial charge in [0.1, 0.15) is 6.33 Å². The number of carbonyl (C=O) groups is 1. The van der Waals surface area contributed by atoms with E-state index in [9.17, 15) is 15.0 Å². The fraction of sp³-hybridized carbons (Fsp3) is 0.263. The first-order valence-corrected chi connectivity index (χ1v) is 8.68. The Labute approximate surface area is 155 Å². The Kier molecular flexibility index (Phi) is 4.66. The van der Waals surface area contributed by atoms with E-state index in [0.717, 1.165) is 0 Å². The summed E-state index contributed by atoms with van der Waals surface area (Å²) >= 11 is 0. The minimum Gasteiger partial charge on any atom is -0.396 e. The van der Waals surface area contributed by atoms with E-state index in [0.29, 0.717) is 29.0 Å². The number of aliphatic hydroxyl groups excluding tert-OH is 2. The van der Waals surface area contributed by atoms with Crippen LogP contribution >= 0.6 is 0 Å². The second-order valence-corrected chi connectivity index (χ2v) is 6.47. The molecule has 1 aliphatic carbocycles. The predicted octanol–water partition coefficient (Wildman–Crippen LogP) is 1.55. The van der Waals surface area contributed by atoms with E-state index < -0.39 is 6.10 Å². The van der Waals surface area contributed by atoms with Crippen molar-refractivity contribution >= 4 is 22.9 Å². The van der Waals surface area contributed by atoms with Crippen molar-refractivity contribution in [3.8, 4) is 0 Å². The SMILES string of the molecule is O=C(Nc1ncnc2c1ncn2[C@@H]1C=C[C@H](CO)[C@@H](O)C1)c1ccccc1. The number of amides is 1. The molecule has 1 amide bonds. The first-order valence-electron chi connectivity index (χ1n) is 8.68. The van der Waals surface area contributed by atoms with Gasteiger partial charge in [-0.1, -0.05) is 30.4 Å². The van der Waals surface area contributed by atoms with E-state index >= 15 is 0 Å². The van der Waals surface area contributed by atoms with Crippen LogP contribution in [0.25, 0.3) is 11.2 Å². The second-order valence-electron chi connectivity index (χ2n) is 6.47. The summed E-state index contributed by atoms with van der Waals surface area (Å²) in [5.41, 5.74) is 1.57. The number of nitrogens with one attached hydrogen (secondary N) is 1. The molecule has 8 nitrogen and oxygen atoms in total. The zero-order chi connectivity index (χ0) is 18.8. The Hall–Kier alpha value is -3.10. The number of anilines is 1. The van der Waals surface area contributed by atoms with Crippen LogP contribution in [-0.2, 0) is 0 Å². The second kappa shape index (κ2) is 7.26. The Balaban J connectivity index is 1.63. The van der Waals surface area contributed by atoms with E-state index in [2.05, 4.69) is 20.3 Å². The first kappa shape index (κ1) is 17.3. The average molecular weight is 365 g/mol. The van der Waals surface area contributed by atoms with Crippen LogP contribution in [0.1, 0.15) is 22.8 Å². The average Bonchev–Trinajstić information content (AvgIpc) is 3.14. The third-order valence-electron chi connectivity index (χ3n) is 4.75. The number of carbonyl (C=O) groups excluding carboxylic acids is 1. The quantitative estimate of drug-likeness (QED) is 0.605. The van der Waals surface area contributed by atoms with Gasteiger partial charge in [-0.3, -0.25) is 4.79 Å². The van der Waals surface area contributed by atoms with Crippen LogP contribution in [0.3, 0.4) is 0 Å². The summed E-state index contributed by atoms with van der Waals surface area (Å²) < 4.78 is 1.84. The molecule has 0 bridgehead atoms. The van der Waals surface area contributed by atoms with Crippen molar-refractivity contribution in [2.45, 2.75) is 18.6 Å². The monoisotopic (exact) mass is 365 g/mol. The number of aliphatic hydroxyl groups is 2. The number of allylic oxidation sites excluding steroid dienone is 1. The lowest BCUT2D eigenvalue weighted by molar-refractivity contribution is 0.0702. The maximum Gasteiger partial charge on any atom is 0.256 e. The standard InChI is InChI=1S/C19H19N5O3/c25-9-13-6-7-14(8-15(13)26)24-11-22-16-17(20-10-21-18(16)24)23-19(27)12-4-2-1-3-5-12/h1-7,10-11,13-15,25-26H,8-9H2,(H,20,21,23,27)/t13-,14-,15+/m1/s1. The summed E-state index contributed by atoms with van der Waals surface area (Å²) in [6.45, 7) is -0.0904. The molecule has 0 saturated carbocycles. The molecule has 0 aliphatic heterocycles. The minimum absolute atomic E-state index is 0.0904. The van der Waals surface area contributed by atoms with Crippen molar-refractivity contribution in [2.24, 2.45) is 5.92 Å². The van der Waals surface area contributed by atoms with Gasteiger partial charge in [0.05, 0.1) is 25.1 Å². The highest BCUT2D eigenvalue weighted by Gasteiger charge is 2.26. The molecule has 2 aromatic heterocycles. The Morgan fingerprint density at radius 2 is 2.00 bits per heavy atom. The van der Waals surface area contributed by atoms with Gasteiger partial charge >= 0.3 is 0 Å². The van der Waals surface area contributed by atoms with Crippen LogP contribution < -0.4 is 5.32 Å². The molecule has 0 fully saturated rings. The highest BCUT2D eigenvalue weighted by molar-refractivity contribution is 6.06. The van der Waals surface area contributed by atoms with Crippen LogP contribution in [0.15, 0.2) is 55.1 Å². The topological polar surface area (TPSA) is 113 Å². The third-order valence-corrected chi connectivity index (χ3v) is 4.75. The Morgan fingerprint density at radius 3 is 2.74 bits per heavy atom. The number of nitrogens with zero attached hydrogens (tertiary/aromatic N) is 4. The van der Waals surface area contributed by atoms with Crippen molar-refractivity contribution in [1.82, 2.24) is 19.5 Å². The number of aromatic nitrogens is 4. The molecule has 0 radical (unpaired) electrons. The number of fused-ring (bicyclic) bond motifs is 1. The van der Waals surface area contributed by atoms with Crippen LogP contribution in [0.2, 0.25) is 0 Å². The summed E-state index contributed by atoms with van der Waals surface area (Å²) in [6, 6.07) is 8.73. The van der Waals surface area contributed by atoms with Gasteiger partial charge in [0.2, 0.25) is 0 Å². The van der Waals surface area contributed by atoms with Gasteiger partial charge in [0, 0.05) is 11.5 Å². The van der Waals surface area contributed by atoms with Crippen LogP contribution in [0.5, 0.6) is 0 Å². The molecule has 4 rings (SSSR count). The molecular weight excluding hydrogens is 346 g/mol. The zero-order valence-electron chi connectivity index (χ0n) is 14.4. The highest BCUT2D eigenvalue weighted by Crippen LogP contribution is 2.29. The molecule has 2 heterocycles. The number of hydrogen-bond donors (Lipinski definition) is 3. The number of imidazole rings is 1. The van der Waals surface area contributed by atoms with Gasteiger partial charge < -0.3 is 20.1 Å². The molecule has 0 saturated heterocycles. The number of benzene rings is 1. The van der Waals surface area contributed by atoms with Crippen molar-refractivity contribution in [3.63, 3.8) is 0 Å². The van der Waals surface area contributed by atoms with Gasteiger partial charge in [-0.25, -0.2) is 15.0 Å². The molecule has 27 heavy (non-hydrogen) atoms. The highest BCUT2D eigenvalue weighted by atomic mass is 16.3. The van der Waals surface area contributed by atoms with Gasteiger partial charge in [-0.15, -0.1) is 0 Å². The normalized spacial score (nSPS) is 22.1. The maximum atomic E-state index is 12.4. The molecule has 1 aliphatic rings. The molecule has 3 N–H and O–H groups in total. The molecule has 0 unspecified atom stereocenters. The van der Waals surface area contributed by atoms with Crippen molar-refractivity contribution in [2.75, 3.05) is 11.9 Å². The zero-order valence-corrected chi connectivity index (χ0v) is 14.4. The lowest BCUT2D eigenvalue weighted by atomic mass is 9.90. The van der Waals surface area contributed by atoms with Crippen LogP contribution in [0, 0.1) is 5.92 Å². The predicted molar refractivity (Wildman–Crippen MR) is 99.1 cm³/mol. The van der Waals surface area contributed by atoms with E-state index in [-0.39, 0.29) is 24.5 Å². The smallest absolute Gasteiger partial charge is 0.256 e. The molecule has 8 heteroatoms. The first-order chi connectivity index (χ1) is 13.2. The van der Waals surface area contributed by atoms with Crippen molar-refractivity contribution in [3.05, 3.63) is 60.7 Å². The summed E-state index contributed by atoms with van der Waals surface area (Å²) in [5, 5.41) is 22.2. The van der Waals surface area contributed by atoms with Crippen molar-refractivity contribution in [1.29, 1.82) is 0 Å². The fourth-order valence-electron chi connectivity index (χ4n) is 3.24. The molecule has 3 atom stereocenters. The summed E-state index contributed by atoms with van der Waals surface area (Å²) in [6.07, 6.45) is 6.55. The lowest BCUT2D eigenvalue weighted by Crippen LogP contribution is -2.29. The maximum absolute atomic E-state index is 12.4. The van der Waals surface area contributed by atoms with Crippen LogP contribution in [0.4, 0.5) is 5.82 Å². The van der Waals surface area contributed by atoms with Crippen molar-refractivity contribution < 1.29 is 15.0 Å².